The molecule has 9 aromatic rings. The van der Waals surface area contributed by atoms with Crippen LogP contribution in [0.3, 0.4) is 0 Å². The highest BCUT2D eigenvalue weighted by Gasteiger charge is 2.47. The molecule has 0 aromatic heterocycles. The molecule has 0 atom stereocenters. The van der Waals surface area contributed by atoms with Gasteiger partial charge in [-0.25, -0.2) is 0 Å². The zero-order valence-corrected chi connectivity index (χ0v) is 30.9. The lowest BCUT2D eigenvalue weighted by molar-refractivity contribution is 0.768. The third-order valence-electron chi connectivity index (χ3n) is 12.5. The second-order valence-electron chi connectivity index (χ2n) is 15.1. The van der Waals surface area contributed by atoms with Crippen molar-refractivity contribution in [2.75, 3.05) is 0 Å². The molecule has 0 bridgehead atoms. The molecule has 0 nitrogen and oxygen atoms in total. The molecule has 2 aliphatic carbocycles. The fraction of sp³-hybridized carbons (Fsp3) is 0.0357. The van der Waals surface area contributed by atoms with Gasteiger partial charge in [-0.1, -0.05) is 231 Å². The zero-order chi connectivity index (χ0) is 37.1. The van der Waals surface area contributed by atoms with Crippen LogP contribution in [0.2, 0.25) is 0 Å². The molecule has 0 aliphatic heterocycles. The average molecular weight is 711 g/mol. The van der Waals surface area contributed by atoms with Crippen LogP contribution in [0, 0.1) is 0 Å². The molecular formula is C56H38. The molecule has 0 heteroatoms. The van der Waals surface area contributed by atoms with E-state index in [-0.39, 0.29) is 0 Å². The lowest BCUT2D eigenvalue weighted by Crippen LogP contribution is -2.28. The normalized spacial score (nSPS) is 14.0. The van der Waals surface area contributed by atoms with Gasteiger partial charge in [-0.3, -0.25) is 0 Å². The van der Waals surface area contributed by atoms with Gasteiger partial charge in [0.05, 0.1) is 10.8 Å². The lowest BCUT2D eigenvalue weighted by Gasteiger charge is -2.34. The summed E-state index contributed by atoms with van der Waals surface area (Å²) in [5.41, 5.74) is 19.7. The van der Waals surface area contributed by atoms with Crippen LogP contribution in [0.5, 0.6) is 0 Å². The zero-order valence-electron chi connectivity index (χ0n) is 30.9. The number of hydrogen-bond donors (Lipinski definition) is 0. The van der Waals surface area contributed by atoms with Crippen molar-refractivity contribution in [1.29, 1.82) is 0 Å². The monoisotopic (exact) mass is 710 g/mol. The predicted molar refractivity (Wildman–Crippen MR) is 232 cm³/mol. The van der Waals surface area contributed by atoms with Crippen LogP contribution in [-0.2, 0) is 10.8 Å². The molecule has 0 spiro atoms. The first kappa shape index (κ1) is 32.4. The molecule has 56 heavy (non-hydrogen) atoms. The van der Waals surface area contributed by atoms with Crippen molar-refractivity contribution in [3.63, 3.8) is 0 Å². The van der Waals surface area contributed by atoms with Crippen molar-refractivity contribution >= 4 is 0 Å². The van der Waals surface area contributed by atoms with Gasteiger partial charge in [0.2, 0.25) is 0 Å². The molecule has 0 amide bonds. The minimum Gasteiger partial charge on any atom is -0.0622 e. The summed E-state index contributed by atoms with van der Waals surface area (Å²) >= 11 is 0. The Bertz CT molecular complexity index is 2590. The molecule has 0 saturated heterocycles. The Labute approximate surface area is 329 Å². The fourth-order valence-electron chi connectivity index (χ4n) is 10.2. The van der Waals surface area contributed by atoms with Crippen LogP contribution in [0.1, 0.15) is 44.5 Å². The quantitative estimate of drug-likeness (QED) is 0.161. The summed E-state index contributed by atoms with van der Waals surface area (Å²) in [7, 11) is 0. The highest BCUT2D eigenvalue weighted by molar-refractivity contribution is 5.89. The number of fused-ring (bicyclic) bond motifs is 6. The molecule has 0 fully saturated rings. The molecule has 0 radical (unpaired) electrons. The van der Waals surface area contributed by atoms with E-state index in [0.717, 1.165) is 0 Å². The van der Waals surface area contributed by atoms with E-state index in [1.165, 1.54) is 89.0 Å². The minimum absolute atomic E-state index is 0.408. The van der Waals surface area contributed by atoms with Gasteiger partial charge >= 0.3 is 0 Å². The van der Waals surface area contributed by atoms with Crippen LogP contribution in [0.15, 0.2) is 231 Å². The lowest BCUT2D eigenvalue weighted by atomic mass is 9.67. The topological polar surface area (TPSA) is 0 Å². The summed E-state index contributed by atoms with van der Waals surface area (Å²) in [6, 6.07) is 85.4. The van der Waals surface area contributed by atoms with Gasteiger partial charge in [0.1, 0.15) is 0 Å². The molecule has 2 aliphatic rings. The fourth-order valence-corrected chi connectivity index (χ4v) is 10.2. The van der Waals surface area contributed by atoms with Crippen LogP contribution >= 0.6 is 0 Å². The summed E-state index contributed by atoms with van der Waals surface area (Å²) in [5.74, 6) is 0. The molecule has 0 saturated carbocycles. The Morgan fingerprint density at radius 3 is 0.714 bits per heavy atom. The van der Waals surface area contributed by atoms with Gasteiger partial charge in [-0.15, -0.1) is 0 Å². The Morgan fingerprint density at radius 2 is 0.411 bits per heavy atom. The van der Waals surface area contributed by atoms with E-state index in [1.807, 2.05) is 0 Å². The highest BCUT2D eigenvalue weighted by Crippen LogP contribution is 2.57. The second kappa shape index (κ2) is 12.8. The van der Waals surface area contributed by atoms with Crippen molar-refractivity contribution in [3.05, 3.63) is 275 Å². The van der Waals surface area contributed by atoms with Crippen molar-refractivity contribution in [2.24, 2.45) is 0 Å². The predicted octanol–water partition coefficient (Wildman–Crippen LogP) is 13.7. The maximum atomic E-state index is 2.36. The molecule has 0 unspecified atom stereocenters. The molecule has 0 heterocycles. The number of rotatable bonds is 6. The van der Waals surface area contributed by atoms with Gasteiger partial charge in [0.25, 0.3) is 0 Å². The molecular weight excluding hydrogens is 673 g/mol. The summed E-state index contributed by atoms with van der Waals surface area (Å²) in [6.45, 7) is 0. The molecule has 11 rings (SSSR count). The van der Waals surface area contributed by atoms with Crippen molar-refractivity contribution in [1.82, 2.24) is 0 Å². The van der Waals surface area contributed by atoms with Crippen LogP contribution in [-0.4, -0.2) is 0 Å². The minimum atomic E-state index is -0.408. The second-order valence-corrected chi connectivity index (χ2v) is 15.1. The Kier molecular flexibility index (Phi) is 7.41. The smallest absolute Gasteiger partial charge is 0.0622 e. The van der Waals surface area contributed by atoms with Gasteiger partial charge < -0.3 is 0 Å². The van der Waals surface area contributed by atoms with Crippen molar-refractivity contribution < 1.29 is 0 Å². The Balaban J connectivity index is 1.03. The van der Waals surface area contributed by atoms with E-state index in [1.54, 1.807) is 0 Å². The number of benzene rings is 9. The van der Waals surface area contributed by atoms with Gasteiger partial charge in [0, 0.05) is 0 Å². The van der Waals surface area contributed by atoms with E-state index in [9.17, 15) is 0 Å². The number of hydrogen-bond acceptors (Lipinski definition) is 0. The standard InChI is InChI=1S/C56H38/c1-3-17-41(18-4-1)55(51-27-13-9-23-47(51)48-24-10-14-28-52(48)55)43-35-31-39(32-36-43)45-21-7-8-22-46(45)40-33-37-44(38-34-40)56(42-19-5-2-6-20-42)53-29-15-11-25-49(53)50-26-12-16-30-54(50)56/h1-38H. The largest absolute Gasteiger partial charge is 0.0713 e. The molecule has 9 aromatic carbocycles. The molecule has 0 N–H and O–H groups in total. The summed E-state index contributed by atoms with van der Waals surface area (Å²) in [5, 5.41) is 0. The maximum Gasteiger partial charge on any atom is 0.0713 e. The highest BCUT2D eigenvalue weighted by atomic mass is 14.5. The van der Waals surface area contributed by atoms with E-state index < -0.39 is 10.8 Å². The van der Waals surface area contributed by atoms with Gasteiger partial charge in [-0.05, 0) is 89.0 Å². The Morgan fingerprint density at radius 1 is 0.179 bits per heavy atom. The van der Waals surface area contributed by atoms with Crippen molar-refractivity contribution in [3.8, 4) is 44.5 Å². The summed E-state index contributed by atoms with van der Waals surface area (Å²) in [4.78, 5) is 0. The van der Waals surface area contributed by atoms with E-state index in [0.29, 0.717) is 0 Å². The Hall–Kier alpha value is -7.02. The third-order valence-corrected chi connectivity index (χ3v) is 12.5. The SMILES string of the molecule is c1ccc(C2(c3ccc(-c4ccccc4-c4ccc(C5(c6ccccc6)c6ccccc6-c6ccccc65)cc4)cc3)c3ccccc3-c3ccccc32)cc1. The first-order valence-corrected chi connectivity index (χ1v) is 19.6. The summed E-state index contributed by atoms with van der Waals surface area (Å²) in [6.07, 6.45) is 0. The van der Waals surface area contributed by atoms with Gasteiger partial charge in [-0.2, -0.15) is 0 Å². The van der Waals surface area contributed by atoms with Gasteiger partial charge in [0.15, 0.2) is 0 Å². The van der Waals surface area contributed by atoms with Crippen LogP contribution in [0.4, 0.5) is 0 Å². The maximum absolute atomic E-state index is 2.36. The third kappa shape index (κ3) is 4.54. The summed E-state index contributed by atoms with van der Waals surface area (Å²) < 4.78 is 0. The van der Waals surface area contributed by atoms with E-state index >= 15 is 0 Å². The van der Waals surface area contributed by atoms with E-state index in [4.69, 9.17) is 0 Å². The van der Waals surface area contributed by atoms with Crippen LogP contribution in [0.25, 0.3) is 44.5 Å². The first-order valence-electron chi connectivity index (χ1n) is 19.6. The van der Waals surface area contributed by atoms with Crippen molar-refractivity contribution in [2.45, 2.75) is 10.8 Å². The van der Waals surface area contributed by atoms with E-state index in [2.05, 4.69) is 231 Å². The first-order chi connectivity index (χ1) is 27.8. The molecule has 262 valence electrons. The average Bonchev–Trinajstić information content (AvgIpc) is 3.76. The van der Waals surface area contributed by atoms with Crippen LogP contribution < -0.4 is 0 Å².